The number of ether oxygens (including phenoxy) is 9. The Morgan fingerprint density at radius 2 is 1.35 bits per heavy atom. The number of rotatable bonds is 9. The molecule has 0 fully saturated rings. The highest BCUT2D eigenvalue weighted by Gasteiger charge is 2.36. The molecule has 0 unspecified atom stereocenters. The third-order valence-electron chi connectivity index (χ3n) is 6.65. The van der Waals surface area contributed by atoms with Crippen molar-refractivity contribution in [3.63, 3.8) is 0 Å². The van der Waals surface area contributed by atoms with Crippen LogP contribution in [0.4, 0.5) is 5.69 Å². The van der Waals surface area contributed by atoms with Crippen molar-refractivity contribution in [1.82, 2.24) is 0 Å². The van der Waals surface area contributed by atoms with Gasteiger partial charge in [-0.3, -0.25) is 4.79 Å². The Bertz CT molecular complexity index is 1690. The molecule has 0 radical (unpaired) electrons. The van der Waals surface area contributed by atoms with Gasteiger partial charge >= 0.3 is 5.97 Å². The van der Waals surface area contributed by atoms with Crippen molar-refractivity contribution < 1.29 is 52.2 Å². The third kappa shape index (κ3) is 5.10. The van der Waals surface area contributed by atoms with E-state index >= 15 is 0 Å². The quantitative estimate of drug-likeness (QED) is 0.216. The number of amides is 1. The summed E-state index contributed by atoms with van der Waals surface area (Å²) in [5.41, 5.74) is 0.887. The van der Waals surface area contributed by atoms with E-state index < -0.39 is 11.9 Å². The van der Waals surface area contributed by atoms with Crippen LogP contribution >= 0.6 is 0 Å². The molecular weight excluding hydrogens is 564 g/mol. The third-order valence-corrected chi connectivity index (χ3v) is 6.65. The van der Waals surface area contributed by atoms with Gasteiger partial charge in [0.25, 0.3) is 5.91 Å². The molecule has 3 aromatic carbocycles. The molecule has 1 amide bonds. The van der Waals surface area contributed by atoms with Crippen molar-refractivity contribution in [2.24, 2.45) is 0 Å². The lowest BCUT2D eigenvalue weighted by molar-refractivity contribution is -0.112. The zero-order valence-corrected chi connectivity index (χ0v) is 23.8. The molecule has 2 heterocycles. The normalized spacial score (nSPS) is 12.7. The van der Waals surface area contributed by atoms with E-state index in [1.165, 1.54) is 47.7 Å². The van der Waals surface area contributed by atoms with Crippen LogP contribution in [0.25, 0.3) is 17.2 Å². The lowest BCUT2D eigenvalue weighted by Crippen LogP contribution is -2.13. The first kappa shape index (κ1) is 28.7. The van der Waals surface area contributed by atoms with E-state index in [9.17, 15) is 14.9 Å². The number of carbonyl (C=O) groups is 2. The van der Waals surface area contributed by atoms with E-state index in [1.54, 1.807) is 24.3 Å². The molecular formula is C30H26N2O11. The van der Waals surface area contributed by atoms with Crippen LogP contribution < -0.4 is 43.2 Å². The van der Waals surface area contributed by atoms with E-state index in [-0.39, 0.29) is 75.9 Å². The number of esters is 1. The number of fused-ring (bicyclic) bond motifs is 2. The van der Waals surface area contributed by atoms with Gasteiger partial charge in [0, 0.05) is 22.9 Å². The van der Waals surface area contributed by atoms with Gasteiger partial charge in [-0.2, -0.15) is 5.26 Å². The second-order valence-corrected chi connectivity index (χ2v) is 8.86. The molecule has 0 aliphatic carbocycles. The van der Waals surface area contributed by atoms with E-state index in [2.05, 4.69) is 5.32 Å². The molecule has 0 saturated heterocycles. The van der Waals surface area contributed by atoms with Gasteiger partial charge < -0.3 is 47.9 Å². The van der Waals surface area contributed by atoms with Crippen LogP contribution in [-0.2, 0) is 9.53 Å². The fourth-order valence-corrected chi connectivity index (χ4v) is 4.71. The smallest absolute Gasteiger partial charge is 0.338 e. The molecule has 0 saturated carbocycles. The summed E-state index contributed by atoms with van der Waals surface area (Å²) in [4.78, 5) is 26.4. The number of nitrogens with zero attached hydrogens (tertiary/aromatic N) is 1. The number of anilines is 1. The van der Waals surface area contributed by atoms with E-state index in [0.717, 1.165) is 0 Å². The predicted molar refractivity (Wildman–Crippen MR) is 150 cm³/mol. The van der Waals surface area contributed by atoms with Crippen LogP contribution in [0.15, 0.2) is 35.9 Å². The molecule has 0 aromatic heterocycles. The maximum Gasteiger partial charge on any atom is 0.338 e. The Labute approximate surface area is 246 Å². The molecule has 13 heteroatoms. The van der Waals surface area contributed by atoms with Gasteiger partial charge in [-0.1, -0.05) is 0 Å². The minimum Gasteiger partial charge on any atom is -0.493 e. The molecule has 0 spiro atoms. The first-order valence-electron chi connectivity index (χ1n) is 12.6. The fourth-order valence-electron chi connectivity index (χ4n) is 4.71. The van der Waals surface area contributed by atoms with Crippen molar-refractivity contribution in [2.45, 2.75) is 0 Å². The number of hydrogen-bond acceptors (Lipinski definition) is 12. The molecule has 0 bridgehead atoms. The molecule has 2 aliphatic rings. The molecule has 1 N–H and O–H groups in total. The van der Waals surface area contributed by atoms with Crippen LogP contribution in [0.1, 0.15) is 15.9 Å². The van der Waals surface area contributed by atoms with Crippen LogP contribution in [0, 0.1) is 11.3 Å². The molecule has 222 valence electrons. The molecule has 13 nitrogen and oxygen atoms in total. The molecule has 2 aliphatic heterocycles. The summed E-state index contributed by atoms with van der Waals surface area (Å²) in [5, 5.41) is 12.7. The van der Waals surface area contributed by atoms with Crippen molar-refractivity contribution in [2.75, 3.05) is 54.5 Å². The Hall–Kier alpha value is -5.77. The summed E-state index contributed by atoms with van der Waals surface area (Å²) in [6.45, 7) is -0.304. The van der Waals surface area contributed by atoms with Gasteiger partial charge in [-0.05, 0) is 35.9 Å². The minimum atomic E-state index is -0.718. The first-order valence-corrected chi connectivity index (χ1v) is 12.6. The number of benzene rings is 3. The van der Waals surface area contributed by atoms with Gasteiger partial charge in [-0.15, -0.1) is 0 Å². The van der Waals surface area contributed by atoms with Crippen LogP contribution in [0.2, 0.25) is 0 Å². The van der Waals surface area contributed by atoms with Gasteiger partial charge in [-0.25, -0.2) is 4.79 Å². The van der Waals surface area contributed by atoms with Gasteiger partial charge in [0.05, 0.1) is 41.1 Å². The summed E-state index contributed by atoms with van der Waals surface area (Å²) in [6, 6.07) is 9.71. The number of hydrogen-bond donors (Lipinski definition) is 1. The Morgan fingerprint density at radius 3 is 1.93 bits per heavy atom. The highest BCUT2D eigenvalue weighted by molar-refractivity contribution is 6.11. The number of nitrogens with one attached hydrogen (secondary N) is 1. The first-order chi connectivity index (χ1) is 20.9. The van der Waals surface area contributed by atoms with E-state index in [4.69, 9.17) is 42.6 Å². The zero-order chi connectivity index (χ0) is 30.7. The maximum atomic E-state index is 13.3. The van der Waals surface area contributed by atoms with Crippen LogP contribution in [0.3, 0.4) is 0 Å². The highest BCUT2D eigenvalue weighted by atomic mass is 16.7. The van der Waals surface area contributed by atoms with E-state index in [1.807, 2.05) is 6.07 Å². The van der Waals surface area contributed by atoms with Gasteiger partial charge in [0.1, 0.15) is 11.6 Å². The monoisotopic (exact) mass is 590 g/mol. The molecule has 43 heavy (non-hydrogen) atoms. The van der Waals surface area contributed by atoms with Gasteiger partial charge in [0.2, 0.25) is 25.1 Å². The maximum absolute atomic E-state index is 13.3. The lowest BCUT2D eigenvalue weighted by atomic mass is 9.91. The number of carbonyl (C=O) groups excluding carboxylic acids is 2. The summed E-state index contributed by atoms with van der Waals surface area (Å²) >= 11 is 0. The van der Waals surface area contributed by atoms with Gasteiger partial charge in [0.15, 0.2) is 34.5 Å². The van der Waals surface area contributed by atoms with Crippen molar-refractivity contribution >= 4 is 23.6 Å². The second-order valence-electron chi connectivity index (χ2n) is 8.86. The Kier molecular flexibility index (Phi) is 8.02. The van der Waals surface area contributed by atoms with Crippen LogP contribution in [0.5, 0.6) is 46.0 Å². The highest BCUT2D eigenvalue weighted by Crippen LogP contribution is 2.57. The lowest BCUT2D eigenvalue weighted by Gasteiger charge is -2.18. The number of methoxy groups -OCH3 is 5. The standard InChI is InChI=1S/C30H26N2O11/c1-35-19-7-6-17(10-20(19)36-2)32-29(33)16(12-31)8-15-9-21(37-3)25-27(42-13-40-25)23(15)24-18(30(34)39-5)11-22(38-4)26-28(24)43-14-41-26/h6-11H,13-14H2,1-5H3,(H,32,33)/b16-8+. The van der Waals surface area contributed by atoms with E-state index in [0.29, 0.717) is 17.2 Å². The second kappa shape index (κ2) is 12.0. The Balaban J connectivity index is 1.71. The zero-order valence-electron chi connectivity index (χ0n) is 23.8. The average Bonchev–Trinajstić information content (AvgIpc) is 3.73. The largest absolute Gasteiger partial charge is 0.493 e. The summed E-state index contributed by atoms with van der Waals surface area (Å²) < 4.78 is 49.6. The van der Waals surface area contributed by atoms with Crippen molar-refractivity contribution in [1.29, 1.82) is 5.26 Å². The summed E-state index contributed by atoms with van der Waals surface area (Å²) in [5.74, 6) is 0.788. The molecule has 5 rings (SSSR count). The summed E-state index contributed by atoms with van der Waals surface area (Å²) in [7, 11) is 7.04. The molecule has 0 atom stereocenters. The van der Waals surface area contributed by atoms with Crippen LogP contribution in [-0.4, -0.2) is 61.0 Å². The SMILES string of the molecule is COC(=O)c1cc(OC)c2c(c1-c1c(/C=C(\C#N)C(=O)Nc3ccc(OC)c(OC)c3)cc(OC)c3c1OCO3)OCO2. The fraction of sp³-hybridized carbons (Fsp3) is 0.233. The van der Waals surface area contributed by atoms with Crippen molar-refractivity contribution in [3.05, 3.63) is 47.0 Å². The Morgan fingerprint density at radius 1 is 0.767 bits per heavy atom. The van der Waals surface area contributed by atoms with Crippen molar-refractivity contribution in [3.8, 4) is 63.2 Å². The summed E-state index contributed by atoms with van der Waals surface area (Å²) in [6.07, 6.45) is 1.34. The minimum absolute atomic E-state index is 0.0504. The number of nitriles is 1. The molecule has 3 aromatic rings. The topological polar surface area (TPSA) is 153 Å². The predicted octanol–water partition coefficient (Wildman–Crippen LogP) is 4.18. The average molecular weight is 591 g/mol.